The number of nitrogens with zero attached hydrogens (tertiary/aromatic N) is 3. The van der Waals surface area contributed by atoms with Gasteiger partial charge in [-0.15, -0.1) is 0 Å². The standard InChI is InChI=1S/C21H26N4O3/c1-27-15-6-7-19(28-2)16(11-15)21(26)25-10-4-3-5-18(25)20-23-13-14-12-22-9-8-17(14)24-20/h6-7,11,13,18,22H,3-5,8-10,12H2,1-2H3/t18-/m1/s1. The summed E-state index contributed by atoms with van der Waals surface area (Å²) in [6.07, 6.45) is 5.71. The van der Waals surface area contributed by atoms with E-state index < -0.39 is 0 Å². The summed E-state index contributed by atoms with van der Waals surface area (Å²) in [5.74, 6) is 1.86. The maximum absolute atomic E-state index is 13.4. The molecule has 28 heavy (non-hydrogen) atoms. The lowest BCUT2D eigenvalue weighted by Gasteiger charge is -2.35. The first-order chi connectivity index (χ1) is 13.7. The summed E-state index contributed by atoms with van der Waals surface area (Å²) in [4.78, 5) is 24.8. The van der Waals surface area contributed by atoms with Gasteiger partial charge < -0.3 is 19.7 Å². The summed E-state index contributed by atoms with van der Waals surface area (Å²) < 4.78 is 10.7. The van der Waals surface area contributed by atoms with Gasteiger partial charge in [0.15, 0.2) is 5.82 Å². The van der Waals surface area contributed by atoms with Gasteiger partial charge in [-0.3, -0.25) is 4.79 Å². The molecule has 0 unspecified atom stereocenters. The molecular weight excluding hydrogens is 356 g/mol. The minimum Gasteiger partial charge on any atom is -0.497 e. The number of carbonyl (C=O) groups excluding carboxylic acids is 1. The fourth-order valence-corrected chi connectivity index (χ4v) is 3.99. The summed E-state index contributed by atoms with van der Waals surface area (Å²) in [6, 6.07) is 5.20. The number of fused-ring (bicyclic) bond motifs is 1. The Morgan fingerprint density at radius 2 is 2.14 bits per heavy atom. The van der Waals surface area contributed by atoms with Crippen LogP contribution in [-0.4, -0.2) is 48.1 Å². The van der Waals surface area contributed by atoms with E-state index in [9.17, 15) is 4.79 Å². The molecule has 0 spiro atoms. The van der Waals surface area contributed by atoms with E-state index in [0.29, 0.717) is 23.6 Å². The molecule has 1 fully saturated rings. The van der Waals surface area contributed by atoms with E-state index in [-0.39, 0.29) is 11.9 Å². The highest BCUT2D eigenvalue weighted by molar-refractivity contribution is 5.97. The van der Waals surface area contributed by atoms with Crippen LogP contribution in [0.2, 0.25) is 0 Å². The SMILES string of the molecule is COc1ccc(OC)c(C(=O)N2CCCC[C@@H]2c2ncc3c(n2)CCNC3)c1. The van der Waals surface area contributed by atoms with Crippen LogP contribution < -0.4 is 14.8 Å². The van der Waals surface area contributed by atoms with Crippen LogP contribution in [0.15, 0.2) is 24.4 Å². The molecule has 0 saturated carbocycles. The number of piperidine rings is 1. The summed E-state index contributed by atoms with van der Waals surface area (Å²) in [5, 5.41) is 3.34. The minimum atomic E-state index is -0.114. The Morgan fingerprint density at radius 3 is 2.96 bits per heavy atom. The third-order valence-electron chi connectivity index (χ3n) is 5.53. The molecule has 148 valence electrons. The van der Waals surface area contributed by atoms with Gasteiger partial charge in [0.25, 0.3) is 5.91 Å². The fraction of sp³-hybridized carbons (Fsp3) is 0.476. The normalized spacial score (nSPS) is 19.1. The predicted octanol–water partition coefficient (Wildman–Crippen LogP) is 2.51. The molecule has 2 aliphatic heterocycles. The largest absolute Gasteiger partial charge is 0.497 e. The predicted molar refractivity (Wildman–Crippen MR) is 105 cm³/mol. The van der Waals surface area contributed by atoms with Gasteiger partial charge in [0, 0.05) is 43.5 Å². The number of amides is 1. The smallest absolute Gasteiger partial charge is 0.258 e. The van der Waals surface area contributed by atoms with Crippen molar-refractivity contribution in [3.63, 3.8) is 0 Å². The molecule has 1 saturated heterocycles. The zero-order valence-electron chi connectivity index (χ0n) is 16.4. The Morgan fingerprint density at radius 1 is 1.25 bits per heavy atom. The van der Waals surface area contributed by atoms with Crippen molar-refractivity contribution >= 4 is 5.91 Å². The molecule has 2 aliphatic rings. The Bertz CT molecular complexity index is 871. The van der Waals surface area contributed by atoms with Crippen LogP contribution in [0.4, 0.5) is 0 Å². The Kier molecular flexibility index (Phi) is 5.43. The summed E-state index contributed by atoms with van der Waals surface area (Å²) in [6.45, 7) is 2.42. The summed E-state index contributed by atoms with van der Waals surface area (Å²) >= 11 is 0. The average molecular weight is 382 g/mol. The number of hydrogen-bond acceptors (Lipinski definition) is 6. The first-order valence-electron chi connectivity index (χ1n) is 9.79. The van der Waals surface area contributed by atoms with Crippen molar-refractivity contribution in [3.8, 4) is 11.5 Å². The lowest BCUT2D eigenvalue weighted by Crippen LogP contribution is -2.39. The molecule has 0 aliphatic carbocycles. The quantitative estimate of drug-likeness (QED) is 0.876. The van der Waals surface area contributed by atoms with Crippen molar-refractivity contribution < 1.29 is 14.3 Å². The summed E-state index contributed by atoms with van der Waals surface area (Å²) in [5.41, 5.74) is 2.76. The van der Waals surface area contributed by atoms with E-state index in [0.717, 1.165) is 55.9 Å². The highest BCUT2D eigenvalue weighted by atomic mass is 16.5. The maximum Gasteiger partial charge on any atom is 0.258 e. The second-order valence-electron chi connectivity index (χ2n) is 7.20. The highest BCUT2D eigenvalue weighted by Gasteiger charge is 2.32. The number of rotatable bonds is 4. The number of benzene rings is 1. The van der Waals surface area contributed by atoms with Crippen molar-refractivity contribution in [2.24, 2.45) is 0 Å². The Hall–Kier alpha value is -2.67. The fourth-order valence-electron chi connectivity index (χ4n) is 3.99. The first-order valence-corrected chi connectivity index (χ1v) is 9.79. The van der Waals surface area contributed by atoms with E-state index in [2.05, 4.69) is 10.3 Å². The van der Waals surface area contributed by atoms with Crippen LogP contribution in [0.3, 0.4) is 0 Å². The molecule has 1 atom stereocenters. The van der Waals surface area contributed by atoms with Gasteiger partial charge in [-0.1, -0.05) is 0 Å². The Balaban J connectivity index is 1.67. The zero-order chi connectivity index (χ0) is 19.5. The van der Waals surface area contributed by atoms with Gasteiger partial charge in [-0.05, 0) is 37.5 Å². The van der Waals surface area contributed by atoms with Crippen molar-refractivity contribution in [3.05, 3.63) is 47.0 Å². The highest BCUT2D eigenvalue weighted by Crippen LogP contribution is 2.33. The first kappa shape index (κ1) is 18.7. The molecule has 3 heterocycles. The molecule has 1 amide bonds. The van der Waals surface area contributed by atoms with Gasteiger partial charge in [-0.2, -0.15) is 0 Å². The maximum atomic E-state index is 13.4. The van der Waals surface area contributed by atoms with E-state index in [1.54, 1.807) is 32.4 Å². The third kappa shape index (κ3) is 3.54. The lowest BCUT2D eigenvalue weighted by molar-refractivity contribution is 0.0595. The molecule has 4 rings (SSSR count). The molecule has 7 heteroatoms. The molecular formula is C21H26N4O3. The molecule has 1 N–H and O–H groups in total. The second kappa shape index (κ2) is 8.14. The van der Waals surface area contributed by atoms with Gasteiger partial charge in [-0.25, -0.2) is 9.97 Å². The van der Waals surface area contributed by atoms with Gasteiger partial charge in [0.1, 0.15) is 11.5 Å². The number of carbonyl (C=O) groups is 1. The van der Waals surface area contributed by atoms with Gasteiger partial charge >= 0.3 is 0 Å². The number of nitrogens with one attached hydrogen (secondary N) is 1. The van der Waals surface area contributed by atoms with Gasteiger partial charge in [0.05, 0.1) is 25.8 Å². The van der Waals surface area contributed by atoms with Crippen molar-refractivity contribution in [2.75, 3.05) is 27.3 Å². The van der Waals surface area contributed by atoms with Crippen molar-refractivity contribution in [1.29, 1.82) is 0 Å². The van der Waals surface area contributed by atoms with E-state index >= 15 is 0 Å². The molecule has 0 bridgehead atoms. The topological polar surface area (TPSA) is 76.6 Å². The van der Waals surface area contributed by atoms with E-state index in [4.69, 9.17) is 14.5 Å². The number of aromatic nitrogens is 2. The summed E-state index contributed by atoms with van der Waals surface area (Å²) in [7, 11) is 3.17. The Labute approximate surface area is 165 Å². The second-order valence-corrected chi connectivity index (χ2v) is 7.20. The van der Waals surface area contributed by atoms with Crippen LogP contribution in [0.25, 0.3) is 0 Å². The van der Waals surface area contributed by atoms with Crippen LogP contribution >= 0.6 is 0 Å². The van der Waals surface area contributed by atoms with E-state index in [1.807, 2.05) is 11.1 Å². The molecule has 7 nitrogen and oxygen atoms in total. The number of methoxy groups -OCH3 is 2. The minimum absolute atomic E-state index is 0.0663. The zero-order valence-corrected chi connectivity index (χ0v) is 16.4. The molecule has 1 aromatic carbocycles. The van der Waals surface area contributed by atoms with Crippen LogP contribution in [0.1, 0.15) is 52.7 Å². The molecule has 0 radical (unpaired) electrons. The van der Waals surface area contributed by atoms with Gasteiger partial charge in [0.2, 0.25) is 0 Å². The van der Waals surface area contributed by atoms with Crippen LogP contribution in [0, 0.1) is 0 Å². The monoisotopic (exact) mass is 382 g/mol. The number of likely N-dealkylation sites (tertiary alicyclic amines) is 1. The molecule has 1 aromatic heterocycles. The average Bonchev–Trinajstić information content (AvgIpc) is 2.77. The van der Waals surface area contributed by atoms with Crippen molar-refractivity contribution in [1.82, 2.24) is 20.2 Å². The van der Waals surface area contributed by atoms with Crippen LogP contribution in [-0.2, 0) is 13.0 Å². The van der Waals surface area contributed by atoms with Crippen molar-refractivity contribution in [2.45, 2.75) is 38.3 Å². The number of ether oxygens (including phenoxy) is 2. The molecule has 2 aromatic rings. The van der Waals surface area contributed by atoms with Crippen LogP contribution in [0.5, 0.6) is 11.5 Å². The number of hydrogen-bond donors (Lipinski definition) is 1. The lowest BCUT2D eigenvalue weighted by atomic mass is 9.99. The third-order valence-corrected chi connectivity index (χ3v) is 5.53. The van der Waals surface area contributed by atoms with E-state index in [1.165, 1.54) is 0 Å².